The summed E-state index contributed by atoms with van der Waals surface area (Å²) >= 11 is 0. The molecular weight excluding hydrogens is 1440 g/mol. The van der Waals surface area contributed by atoms with Gasteiger partial charge in [0.15, 0.2) is 0 Å². The molecule has 8 rings (SSSR count). The van der Waals surface area contributed by atoms with Gasteiger partial charge in [-0.1, -0.05) is 128 Å². The summed E-state index contributed by atoms with van der Waals surface area (Å²) in [5.74, 6) is 1.09. The molecule has 4 heterocycles. The summed E-state index contributed by atoms with van der Waals surface area (Å²) in [5, 5.41) is 76.8. The molecular formula is C70H114O30P4-4. The molecule has 4 aliphatic heterocycles. The second-order valence-electron chi connectivity index (χ2n) is 28.5. The van der Waals surface area contributed by atoms with E-state index in [0.29, 0.717) is 69.1 Å². The van der Waals surface area contributed by atoms with Gasteiger partial charge in [-0.2, -0.15) is 0 Å². The number of hydrogen-bond acceptors (Lipinski definition) is 30. The van der Waals surface area contributed by atoms with Crippen LogP contribution < -0.4 is 19.6 Å². The Morgan fingerprint density at radius 1 is 0.385 bits per heavy atom. The molecule has 104 heavy (non-hydrogen) atoms. The van der Waals surface area contributed by atoms with Gasteiger partial charge in [0.2, 0.25) is 0 Å². The topological polar surface area (TPSA) is 452 Å². The molecule has 0 aromatic heterocycles. The third kappa shape index (κ3) is 32.1. The second-order valence-corrected chi connectivity index (χ2v) is 33.9. The maximum Gasteiger partial charge on any atom is 0.268 e. The molecule has 0 radical (unpaired) electrons. The Bertz CT molecular complexity index is 3080. The van der Waals surface area contributed by atoms with Gasteiger partial charge in [-0.25, -0.2) is 0 Å². The maximum atomic E-state index is 12.4. The lowest BCUT2D eigenvalue weighted by molar-refractivity contribution is -0.239. The first-order chi connectivity index (χ1) is 48.8. The van der Waals surface area contributed by atoms with Crippen LogP contribution in [0.3, 0.4) is 0 Å². The number of hydrogen-bond donors (Lipinski definition) is 8. The van der Waals surface area contributed by atoms with Crippen molar-refractivity contribution in [1.82, 2.24) is 0 Å². The first-order valence-electron chi connectivity index (χ1n) is 35.7. The first-order valence-corrected chi connectivity index (χ1v) is 41.5. The van der Waals surface area contributed by atoms with E-state index in [0.717, 1.165) is 22.3 Å². The molecule has 0 bridgehead atoms. The predicted molar refractivity (Wildman–Crippen MR) is 373 cm³/mol. The van der Waals surface area contributed by atoms with E-state index < -0.39 is 135 Å². The quantitative estimate of drug-likeness (QED) is 0.0225. The zero-order valence-electron chi connectivity index (χ0n) is 61.7. The normalized spacial score (nSPS) is 30.8. The van der Waals surface area contributed by atoms with E-state index in [9.17, 15) is 63.4 Å². The van der Waals surface area contributed by atoms with Gasteiger partial charge >= 0.3 is 0 Å². The molecule has 8 N–H and O–H groups in total. The molecule has 34 heteroatoms. The van der Waals surface area contributed by atoms with Crippen molar-refractivity contribution in [3.8, 4) is 11.1 Å². The van der Waals surface area contributed by atoms with Crippen molar-refractivity contribution in [2.24, 2.45) is 23.7 Å². The molecule has 598 valence electrons. The standard InChI is InChI=1S/C23H31O7P.C17H27O7P.C15H31O9P.C15H29O7P/c1-15(2)12-21-23(22(25)16(3)29-21)30-31(26,27)28-14-18-6-10-20(11-7-18)19-8-4-17(13-24)5-9-19;1-11(2)8-15-17(16(19)12(3)23-15)24-25(20,21)22-10-14-6-4-13(9-18)5-7-14;1-11(2)10-13-15(14(17)12(3)23-13)24-25(18,19)22-9-8-21-7-6-20-5-4-16;1-9(2)8-13-15(14(17)10(3)20-13)22-23(18,19)21-12-6-4-11(16)5-7-12/h4-11,15-16,21-25H,12-14H2,1-3H3,(H,26,27);4-7,11-12,15-19H,8-10H2,1-3H3,(H,20,21);11-17H,4-10H2,1-3H3,(H,18,19);9-17H,4-8H2,1-3H3,(H,18,19)/p-4/t16-,21+,22-,23+;12-,15+,16-,17+;12-,13+,14-,15+;10-,11?,12?,13+,14-,15+/m0000/s1. The minimum absolute atomic E-state index is 0.00494. The second kappa shape index (κ2) is 44.5. The first kappa shape index (κ1) is 92.1. The highest BCUT2D eigenvalue weighted by Crippen LogP contribution is 2.50. The van der Waals surface area contributed by atoms with E-state index in [1.165, 1.54) is 0 Å². The molecule has 1 saturated carbocycles. The van der Waals surface area contributed by atoms with Crippen LogP contribution in [0, 0.1) is 23.7 Å². The minimum atomic E-state index is -4.64. The molecule has 0 amide bonds. The van der Waals surface area contributed by atoms with E-state index >= 15 is 0 Å². The zero-order chi connectivity index (χ0) is 77.3. The Morgan fingerprint density at radius 2 is 0.663 bits per heavy atom. The van der Waals surface area contributed by atoms with Crippen molar-refractivity contribution < 1.29 is 143 Å². The Hall–Kier alpha value is -2.46. The van der Waals surface area contributed by atoms with Gasteiger partial charge in [0.25, 0.3) is 31.3 Å². The van der Waals surface area contributed by atoms with Crippen molar-refractivity contribution in [2.45, 2.75) is 271 Å². The third-order valence-corrected chi connectivity index (χ3v) is 21.5. The summed E-state index contributed by atoms with van der Waals surface area (Å²) < 4.78 is 122. The molecule has 5 aliphatic rings. The summed E-state index contributed by atoms with van der Waals surface area (Å²) in [7, 11) is -18.4. The third-order valence-electron chi connectivity index (χ3n) is 17.5. The molecule has 30 nitrogen and oxygen atoms in total. The lowest BCUT2D eigenvalue weighted by Crippen LogP contribution is -2.36. The summed E-state index contributed by atoms with van der Waals surface area (Å²) in [5.41, 5.74) is 4.82. The van der Waals surface area contributed by atoms with Crippen molar-refractivity contribution in [3.05, 3.63) is 95.1 Å². The fourth-order valence-corrected chi connectivity index (χ4v) is 16.1. The van der Waals surface area contributed by atoms with E-state index in [-0.39, 0.29) is 89.2 Å². The van der Waals surface area contributed by atoms with Crippen molar-refractivity contribution in [2.75, 3.05) is 39.6 Å². The Kier molecular flexibility index (Phi) is 39.5. The monoisotopic (exact) mass is 1560 g/mol. The van der Waals surface area contributed by atoms with Crippen LogP contribution in [-0.4, -0.2) is 190 Å². The Balaban J connectivity index is 0.000000251. The SMILES string of the molecule is CC(C)C[C@H]1O[C@@H](C)[C@H](O)[C@@H]1OP(=O)([O-])OC1CCC(O)CC1.CC(C)C[C@H]1O[C@@H](C)[C@H](O)[C@@H]1OP(=O)([O-])OCCOCCOCCO.CC(C)C[C@H]1O[C@@H](C)[C@H](O)[C@@H]1OP(=O)([O-])OCc1ccc(-c2ccc(CO)cc2)cc1.CC(C)C[C@H]1O[C@@H](C)[C@H](O)[C@@H]1OP(=O)([O-])OCc1ccc(CO)cc1. The number of rotatable bonds is 36. The van der Waals surface area contributed by atoms with E-state index in [1.807, 2.05) is 91.8 Å². The van der Waals surface area contributed by atoms with Crippen LogP contribution in [0.15, 0.2) is 72.8 Å². The van der Waals surface area contributed by atoms with E-state index in [2.05, 4.69) is 0 Å². The predicted octanol–water partition coefficient (Wildman–Crippen LogP) is 6.58. The van der Waals surface area contributed by atoms with Crippen molar-refractivity contribution >= 4 is 31.3 Å². The Morgan fingerprint density at radius 3 is 0.981 bits per heavy atom. The molecule has 0 spiro atoms. The maximum absolute atomic E-state index is 12.4. The summed E-state index contributed by atoms with van der Waals surface area (Å²) in [6.07, 6.45) is -8.48. The fraction of sp³-hybridized carbons (Fsp3) is 0.743. The van der Waals surface area contributed by atoms with Crippen LogP contribution in [-0.2, 0) is 109 Å². The average Bonchev–Trinajstić information content (AvgIpc) is 1.68. The lowest BCUT2D eigenvalue weighted by Gasteiger charge is -2.34. The number of aliphatic hydroxyl groups is 8. The molecule has 3 aromatic rings. The lowest BCUT2D eigenvalue weighted by atomic mass is 9.95. The fourth-order valence-electron chi connectivity index (χ4n) is 12.1. The van der Waals surface area contributed by atoms with Gasteiger partial charge < -0.3 is 125 Å². The van der Waals surface area contributed by atoms with E-state index in [4.69, 9.17) is 79.9 Å². The van der Waals surface area contributed by atoms with E-state index in [1.54, 1.807) is 64.1 Å². The van der Waals surface area contributed by atoms with Crippen LogP contribution in [0.25, 0.3) is 11.1 Å². The number of ether oxygens (including phenoxy) is 6. The zero-order valence-corrected chi connectivity index (χ0v) is 65.3. The highest BCUT2D eigenvalue weighted by atomic mass is 31.2. The molecule has 20 atom stereocenters. The van der Waals surface area contributed by atoms with Crippen LogP contribution in [0.1, 0.15) is 157 Å². The largest absolute Gasteiger partial charge is 0.756 e. The Labute approximate surface area is 612 Å². The average molecular weight is 1560 g/mol. The van der Waals surface area contributed by atoms with Crippen molar-refractivity contribution in [1.29, 1.82) is 0 Å². The highest BCUT2D eigenvalue weighted by molar-refractivity contribution is 7.46. The number of aliphatic hydroxyl groups excluding tert-OH is 8. The minimum Gasteiger partial charge on any atom is -0.756 e. The molecule has 5 fully saturated rings. The summed E-state index contributed by atoms with van der Waals surface area (Å²) in [4.78, 5) is 48.7. The van der Waals surface area contributed by atoms with Crippen LogP contribution in [0.2, 0.25) is 0 Å². The van der Waals surface area contributed by atoms with Gasteiger partial charge in [0, 0.05) is 0 Å². The molecule has 4 saturated heterocycles. The summed E-state index contributed by atoms with van der Waals surface area (Å²) in [6.45, 7) is 22.8. The van der Waals surface area contributed by atoms with Crippen LogP contribution >= 0.6 is 31.3 Å². The van der Waals surface area contributed by atoms with Crippen molar-refractivity contribution in [3.63, 3.8) is 0 Å². The molecule has 1 aliphatic carbocycles. The summed E-state index contributed by atoms with van der Waals surface area (Å²) in [6, 6.07) is 21.6. The van der Waals surface area contributed by atoms with Gasteiger partial charge in [-0.05, 0) is 136 Å². The highest BCUT2D eigenvalue weighted by Gasteiger charge is 2.48. The van der Waals surface area contributed by atoms with Gasteiger partial charge in [-0.3, -0.25) is 18.3 Å². The van der Waals surface area contributed by atoms with Gasteiger partial charge in [-0.15, -0.1) is 0 Å². The molecule has 4 unspecified atom stereocenters. The van der Waals surface area contributed by atoms with Gasteiger partial charge in [0.1, 0.15) is 48.8 Å². The number of phosphoric acid groups is 4. The number of phosphoric ester groups is 4. The number of benzene rings is 3. The van der Waals surface area contributed by atoms with Gasteiger partial charge in [0.05, 0.1) is 127 Å². The van der Waals surface area contributed by atoms with Crippen LogP contribution in [0.4, 0.5) is 0 Å². The molecule has 3 aromatic carbocycles. The smallest absolute Gasteiger partial charge is 0.268 e. The van der Waals surface area contributed by atoms with Crippen LogP contribution in [0.5, 0.6) is 0 Å².